The number of aryl methyl sites for hydroxylation is 3. The van der Waals surface area contributed by atoms with Gasteiger partial charge in [-0.2, -0.15) is 0 Å². The minimum Gasteiger partial charge on any atom is -0.450 e. The molecule has 2 heterocycles. The fraction of sp³-hybridized carbons (Fsp3) is 0.333. The van der Waals surface area contributed by atoms with Gasteiger partial charge in [-0.1, -0.05) is 29.8 Å². The van der Waals surface area contributed by atoms with E-state index in [0.717, 1.165) is 22.3 Å². The molecule has 0 saturated carbocycles. The quantitative estimate of drug-likeness (QED) is 0.609. The van der Waals surface area contributed by atoms with Gasteiger partial charge in [-0.15, -0.1) is 0 Å². The molecule has 5 nitrogen and oxygen atoms in total. The Labute approximate surface area is 169 Å². The van der Waals surface area contributed by atoms with Crippen LogP contribution in [0.25, 0.3) is 11.0 Å². The van der Waals surface area contributed by atoms with Crippen LogP contribution in [0.4, 0.5) is 0 Å². The van der Waals surface area contributed by atoms with Crippen LogP contribution in [-0.2, 0) is 4.74 Å². The van der Waals surface area contributed by atoms with Gasteiger partial charge >= 0.3 is 0 Å². The second-order valence-corrected chi connectivity index (χ2v) is 7.76. The Morgan fingerprint density at radius 1 is 1.03 bits per heavy atom. The molecule has 0 saturated heterocycles. The summed E-state index contributed by atoms with van der Waals surface area (Å²) in [5.41, 5.74) is 4.86. The van der Waals surface area contributed by atoms with Crippen LogP contribution in [0.15, 0.2) is 45.6 Å². The molecule has 2 aromatic carbocycles. The van der Waals surface area contributed by atoms with Crippen molar-refractivity contribution in [1.29, 1.82) is 0 Å². The van der Waals surface area contributed by atoms with Crippen LogP contribution in [0.3, 0.4) is 0 Å². The summed E-state index contributed by atoms with van der Waals surface area (Å²) < 4.78 is 11.2. The number of methoxy groups -OCH3 is 1. The van der Waals surface area contributed by atoms with E-state index in [1.165, 1.54) is 0 Å². The first-order chi connectivity index (χ1) is 13.9. The van der Waals surface area contributed by atoms with E-state index in [1.54, 1.807) is 12.0 Å². The molecule has 150 valence electrons. The maximum atomic E-state index is 13.5. The SMILES string of the molecule is COCCCN1C(=O)c2oc3cc(C)c(C)cc3c(=O)c2C1c1ccc(C)cc1. The predicted octanol–water partition coefficient (Wildman–Crippen LogP) is 4.30. The number of fused-ring (bicyclic) bond motifs is 2. The molecule has 1 aliphatic rings. The Kier molecular flexibility index (Phi) is 5.01. The minimum absolute atomic E-state index is 0.127. The molecular weight excluding hydrogens is 366 g/mol. The first kappa shape index (κ1) is 19.4. The van der Waals surface area contributed by atoms with Crippen molar-refractivity contribution in [1.82, 2.24) is 4.90 Å². The van der Waals surface area contributed by atoms with E-state index in [1.807, 2.05) is 57.2 Å². The van der Waals surface area contributed by atoms with E-state index < -0.39 is 6.04 Å². The summed E-state index contributed by atoms with van der Waals surface area (Å²) in [6.45, 7) is 6.99. The molecule has 0 aliphatic carbocycles. The number of hydrogen-bond donors (Lipinski definition) is 0. The first-order valence-corrected chi connectivity index (χ1v) is 9.86. The Morgan fingerprint density at radius 3 is 2.41 bits per heavy atom. The lowest BCUT2D eigenvalue weighted by Gasteiger charge is -2.25. The third-order valence-corrected chi connectivity index (χ3v) is 5.72. The number of benzene rings is 2. The molecule has 1 aromatic heterocycles. The summed E-state index contributed by atoms with van der Waals surface area (Å²) >= 11 is 0. The minimum atomic E-state index is -0.447. The molecule has 4 rings (SSSR count). The first-order valence-electron chi connectivity index (χ1n) is 9.86. The maximum absolute atomic E-state index is 13.5. The summed E-state index contributed by atoms with van der Waals surface area (Å²) in [5.74, 6) is -0.0762. The molecule has 1 amide bonds. The highest BCUT2D eigenvalue weighted by Gasteiger charge is 2.42. The Balaban J connectivity index is 1.93. The van der Waals surface area contributed by atoms with E-state index in [4.69, 9.17) is 9.15 Å². The molecule has 1 atom stereocenters. The molecule has 1 unspecified atom stereocenters. The molecule has 0 spiro atoms. The van der Waals surface area contributed by atoms with Gasteiger partial charge in [-0.25, -0.2) is 0 Å². The standard InChI is InChI=1S/C24H25NO4/c1-14-6-8-17(9-7-14)21-20-22(26)18-12-15(2)16(3)13-19(18)29-23(20)24(27)25(21)10-5-11-28-4/h6-9,12-13,21H,5,10-11H2,1-4H3. The summed E-state index contributed by atoms with van der Waals surface area (Å²) in [6, 6.07) is 11.2. The topological polar surface area (TPSA) is 59.8 Å². The third kappa shape index (κ3) is 3.25. The zero-order valence-corrected chi connectivity index (χ0v) is 17.2. The average molecular weight is 391 g/mol. The number of amides is 1. The molecule has 0 bridgehead atoms. The average Bonchev–Trinajstić information content (AvgIpc) is 2.97. The van der Waals surface area contributed by atoms with Gasteiger partial charge in [0.25, 0.3) is 5.91 Å². The van der Waals surface area contributed by atoms with Crippen molar-refractivity contribution in [3.8, 4) is 0 Å². The zero-order valence-electron chi connectivity index (χ0n) is 17.2. The van der Waals surface area contributed by atoms with Crippen LogP contribution in [0.2, 0.25) is 0 Å². The van der Waals surface area contributed by atoms with Crippen LogP contribution in [0, 0.1) is 20.8 Å². The second kappa shape index (κ2) is 7.48. The number of hydrogen-bond acceptors (Lipinski definition) is 4. The van der Waals surface area contributed by atoms with Crippen LogP contribution < -0.4 is 5.43 Å². The smallest absolute Gasteiger partial charge is 0.290 e. The highest BCUT2D eigenvalue weighted by molar-refractivity contribution is 5.99. The van der Waals surface area contributed by atoms with Crippen molar-refractivity contribution in [2.45, 2.75) is 33.2 Å². The second-order valence-electron chi connectivity index (χ2n) is 7.76. The normalized spacial score (nSPS) is 15.9. The van der Waals surface area contributed by atoms with Gasteiger partial charge in [0.05, 0.1) is 17.0 Å². The van der Waals surface area contributed by atoms with Crippen LogP contribution >= 0.6 is 0 Å². The van der Waals surface area contributed by atoms with Crippen molar-refractivity contribution in [3.63, 3.8) is 0 Å². The Bertz CT molecular complexity index is 1140. The largest absolute Gasteiger partial charge is 0.450 e. The van der Waals surface area contributed by atoms with Crippen molar-refractivity contribution >= 4 is 16.9 Å². The van der Waals surface area contributed by atoms with E-state index in [-0.39, 0.29) is 17.1 Å². The van der Waals surface area contributed by atoms with Gasteiger partial charge in [-0.05, 0) is 56.0 Å². The molecule has 29 heavy (non-hydrogen) atoms. The Morgan fingerprint density at radius 2 is 1.72 bits per heavy atom. The summed E-state index contributed by atoms with van der Waals surface area (Å²) in [5, 5.41) is 0.524. The van der Waals surface area contributed by atoms with Crippen molar-refractivity contribution in [2.75, 3.05) is 20.3 Å². The molecule has 1 aliphatic heterocycles. The molecule has 5 heteroatoms. The van der Waals surface area contributed by atoms with Crippen LogP contribution in [-0.4, -0.2) is 31.1 Å². The zero-order chi connectivity index (χ0) is 20.7. The lowest BCUT2D eigenvalue weighted by Crippen LogP contribution is -2.31. The fourth-order valence-electron chi connectivity index (χ4n) is 3.98. The van der Waals surface area contributed by atoms with E-state index in [0.29, 0.717) is 36.1 Å². The Hall–Kier alpha value is -2.92. The molecular formula is C24H25NO4. The van der Waals surface area contributed by atoms with E-state index >= 15 is 0 Å². The van der Waals surface area contributed by atoms with Crippen molar-refractivity contribution < 1.29 is 13.9 Å². The number of nitrogens with zero attached hydrogens (tertiary/aromatic N) is 1. The van der Waals surface area contributed by atoms with Gasteiger partial charge in [0, 0.05) is 20.3 Å². The van der Waals surface area contributed by atoms with Crippen LogP contribution in [0.1, 0.15) is 50.8 Å². The molecule has 0 N–H and O–H groups in total. The van der Waals surface area contributed by atoms with Gasteiger partial charge < -0.3 is 14.1 Å². The van der Waals surface area contributed by atoms with Crippen LogP contribution in [0.5, 0.6) is 0 Å². The van der Waals surface area contributed by atoms with Gasteiger partial charge in [0.2, 0.25) is 5.76 Å². The lowest BCUT2D eigenvalue weighted by molar-refractivity contribution is 0.0708. The lowest BCUT2D eigenvalue weighted by atomic mass is 9.97. The summed E-state index contributed by atoms with van der Waals surface area (Å²) in [6.07, 6.45) is 0.685. The highest BCUT2D eigenvalue weighted by atomic mass is 16.5. The fourth-order valence-corrected chi connectivity index (χ4v) is 3.98. The number of ether oxygens (including phenoxy) is 1. The number of rotatable bonds is 5. The third-order valence-electron chi connectivity index (χ3n) is 5.72. The summed E-state index contributed by atoms with van der Waals surface area (Å²) in [4.78, 5) is 28.5. The van der Waals surface area contributed by atoms with Crippen molar-refractivity contribution in [2.24, 2.45) is 0 Å². The van der Waals surface area contributed by atoms with E-state index in [9.17, 15) is 9.59 Å². The number of carbonyl (C=O) groups excluding carboxylic acids is 1. The number of carbonyl (C=O) groups is 1. The molecule has 3 aromatic rings. The van der Waals surface area contributed by atoms with Gasteiger partial charge in [-0.3, -0.25) is 9.59 Å². The molecule has 0 radical (unpaired) electrons. The predicted molar refractivity (Wildman–Crippen MR) is 113 cm³/mol. The molecule has 0 fully saturated rings. The summed E-state index contributed by atoms with van der Waals surface area (Å²) in [7, 11) is 1.64. The van der Waals surface area contributed by atoms with Crippen molar-refractivity contribution in [3.05, 3.63) is 80.2 Å². The van der Waals surface area contributed by atoms with Gasteiger partial charge in [0.15, 0.2) is 5.43 Å². The highest BCUT2D eigenvalue weighted by Crippen LogP contribution is 2.38. The monoisotopic (exact) mass is 391 g/mol. The maximum Gasteiger partial charge on any atom is 0.290 e. The van der Waals surface area contributed by atoms with E-state index in [2.05, 4.69) is 0 Å². The van der Waals surface area contributed by atoms with Gasteiger partial charge in [0.1, 0.15) is 5.58 Å².